The molecule has 0 saturated carbocycles. The molecule has 5 nitrogen and oxygen atoms in total. The molecule has 5 heteroatoms. The fraction of sp³-hybridized carbons (Fsp3) is 0.462. The summed E-state index contributed by atoms with van der Waals surface area (Å²) in [6.07, 6.45) is -0.0258. The van der Waals surface area contributed by atoms with Crippen LogP contribution in [0, 0.1) is 13.8 Å². The predicted octanol–water partition coefficient (Wildman–Crippen LogP) is 1.81. The summed E-state index contributed by atoms with van der Waals surface area (Å²) in [7, 11) is 1.64. The van der Waals surface area contributed by atoms with E-state index >= 15 is 0 Å². The zero-order valence-corrected chi connectivity index (χ0v) is 11.2. The molecule has 0 aliphatic heterocycles. The summed E-state index contributed by atoms with van der Waals surface area (Å²) in [6, 6.07) is 3.66. The Morgan fingerprint density at radius 3 is 2.39 bits per heavy atom. The van der Waals surface area contributed by atoms with Gasteiger partial charge in [-0.3, -0.25) is 0 Å². The normalized spacial score (nSPS) is 13.4. The SMILES string of the molecule is COCC(C)Oc1c(C)cc(C(N)=NO)cc1C. The Bertz CT molecular complexity index is 421. The Morgan fingerprint density at radius 2 is 1.94 bits per heavy atom. The smallest absolute Gasteiger partial charge is 0.170 e. The number of methoxy groups -OCH3 is 1. The van der Waals surface area contributed by atoms with Gasteiger partial charge in [-0.25, -0.2) is 0 Å². The summed E-state index contributed by atoms with van der Waals surface area (Å²) in [5, 5.41) is 11.7. The maximum absolute atomic E-state index is 8.67. The highest BCUT2D eigenvalue weighted by Crippen LogP contribution is 2.25. The summed E-state index contributed by atoms with van der Waals surface area (Å²) >= 11 is 0. The van der Waals surface area contributed by atoms with Gasteiger partial charge in [0.2, 0.25) is 0 Å². The summed E-state index contributed by atoms with van der Waals surface area (Å²) in [5.74, 6) is 0.909. The first-order valence-electron chi connectivity index (χ1n) is 5.74. The third kappa shape index (κ3) is 3.37. The van der Waals surface area contributed by atoms with E-state index in [0.717, 1.165) is 16.9 Å². The van der Waals surface area contributed by atoms with Gasteiger partial charge in [-0.05, 0) is 44.0 Å². The Labute approximate surface area is 107 Å². The van der Waals surface area contributed by atoms with Crippen molar-refractivity contribution >= 4 is 5.84 Å². The van der Waals surface area contributed by atoms with Crippen molar-refractivity contribution in [3.63, 3.8) is 0 Å². The van der Waals surface area contributed by atoms with Crippen LogP contribution in [0.2, 0.25) is 0 Å². The van der Waals surface area contributed by atoms with Crippen LogP contribution in [-0.4, -0.2) is 30.9 Å². The highest BCUT2D eigenvalue weighted by molar-refractivity contribution is 5.97. The lowest BCUT2D eigenvalue weighted by Crippen LogP contribution is -2.20. The number of oxime groups is 1. The molecule has 18 heavy (non-hydrogen) atoms. The average Bonchev–Trinajstić information content (AvgIpc) is 2.32. The summed E-state index contributed by atoms with van der Waals surface area (Å²) < 4.78 is 10.9. The van der Waals surface area contributed by atoms with Crippen LogP contribution >= 0.6 is 0 Å². The summed E-state index contributed by atoms with van der Waals surface area (Å²) in [4.78, 5) is 0. The summed E-state index contributed by atoms with van der Waals surface area (Å²) in [5.41, 5.74) is 8.14. The first-order valence-corrected chi connectivity index (χ1v) is 5.74. The minimum atomic E-state index is -0.0258. The van der Waals surface area contributed by atoms with Gasteiger partial charge in [0, 0.05) is 12.7 Å². The maximum atomic E-state index is 8.67. The monoisotopic (exact) mass is 252 g/mol. The lowest BCUT2D eigenvalue weighted by Gasteiger charge is -2.18. The number of hydrogen-bond acceptors (Lipinski definition) is 4. The Kier molecular flexibility index (Phi) is 4.97. The lowest BCUT2D eigenvalue weighted by atomic mass is 10.0. The molecule has 0 amide bonds. The molecule has 1 aromatic carbocycles. The number of ether oxygens (including phenoxy) is 2. The van der Waals surface area contributed by atoms with E-state index < -0.39 is 0 Å². The fourth-order valence-electron chi connectivity index (χ4n) is 1.81. The molecule has 0 fully saturated rings. The van der Waals surface area contributed by atoms with Crippen molar-refractivity contribution < 1.29 is 14.7 Å². The molecule has 0 spiro atoms. The standard InChI is InChI=1S/C13H20N2O3/c1-8-5-11(13(14)15-16)6-9(2)12(8)18-10(3)7-17-4/h5-6,10,16H,7H2,1-4H3,(H2,14,15). The molecule has 0 bridgehead atoms. The number of nitrogens with two attached hydrogens (primary N) is 1. The topological polar surface area (TPSA) is 77.1 Å². The van der Waals surface area contributed by atoms with Gasteiger partial charge in [-0.1, -0.05) is 5.16 Å². The van der Waals surface area contributed by atoms with E-state index in [9.17, 15) is 0 Å². The number of rotatable bonds is 5. The highest BCUT2D eigenvalue weighted by atomic mass is 16.5. The lowest BCUT2D eigenvalue weighted by molar-refractivity contribution is 0.0911. The number of aryl methyl sites for hydroxylation is 2. The number of amidine groups is 1. The van der Waals surface area contributed by atoms with Crippen LogP contribution in [0.3, 0.4) is 0 Å². The number of nitrogens with zero attached hydrogens (tertiary/aromatic N) is 1. The molecule has 0 aliphatic carbocycles. The third-order valence-corrected chi connectivity index (χ3v) is 2.58. The van der Waals surface area contributed by atoms with Crippen molar-refractivity contribution in [1.82, 2.24) is 0 Å². The molecule has 1 atom stereocenters. The second-order valence-electron chi connectivity index (χ2n) is 4.31. The second-order valence-corrected chi connectivity index (χ2v) is 4.31. The van der Waals surface area contributed by atoms with E-state index in [0.29, 0.717) is 12.2 Å². The molecule has 1 unspecified atom stereocenters. The molecule has 100 valence electrons. The third-order valence-electron chi connectivity index (χ3n) is 2.58. The van der Waals surface area contributed by atoms with Gasteiger partial charge in [0.1, 0.15) is 11.9 Å². The Balaban J connectivity index is 3.01. The minimum absolute atomic E-state index is 0.0258. The van der Waals surface area contributed by atoms with Gasteiger partial charge >= 0.3 is 0 Å². The van der Waals surface area contributed by atoms with Gasteiger partial charge in [0.25, 0.3) is 0 Å². The van der Waals surface area contributed by atoms with E-state index in [1.165, 1.54) is 0 Å². The van der Waals surface area contributed by atoms with E-state index in [1.807, 2.05) is 32.9 Å². The first kappa shape index (κ1) is 14.3. The van der Waals surface area contributed by atoms with Gasteiger partial charge < -0.3 is 20.4 Å². The molecule has 0 heterocycles. The van der Waals surface area contributed by atoms with E-state index in [2.05, 4.69) is 5.16 Å². The summed E-state index contributed by atoms with van der Waals surface area (Å²) in [6.45, 7) is 6.33. The van der Waals surface area contributed by atoms with Gasteiger partial charge in [-0.15, -0.1) is 0 Å². The zero-order chi connectivity index (χ0) is 13.7. The second kappa shape index (κ2) is 6.26. The molecule has 0 aromatic heterocycles. The van der Waals surface area contributed by atoms with Crippen molar-refractivity contribution in [1.29, 1.82) is 0 Å². The molecule has 1 aromatic rings. The fourth-order valence-corrected chi connectivity index (χ4v) is 1.81. The molecular weight excluding hydrogens is 232 g/mol. The van der Waals surface area contributed by atoms with Crippen molar-refractivity contribution in [2.24, 2.45) is 10.9 Å². The van der Waals surface area contributed by atoms with Gasteiger partial charge in [0.15, 0.2) is 5.84 Å². The van der Waals surface area contributed by atoms with Crippen molar-refractivity contribution in [3.05, 3.63) is 28.8 Å². The maximum Gasteiger partial charge on any atom is 0.170 e. The van der Waals surface area contributed by atoms with Crippen molar-refractivity contribution in [2.75, 3.05) is 13.7 Å². The van der Waals surface area contributed by atoms with Crippen LogP contribution < -0.4 is 10.5 Å². The van der Waals surface area contributed by atoms with E-state index in [4.69, 9.17) is 20.4 Å². The first-order chi connectivity index (χ1) is 8.49. The Morgan fingerprint density at radius 1 is 1.39 bits per heavy atom. The van der Waals surface area contributed by atoms with Crippen LogP contribution in [0.25, 0.3) is 0 Å². The predicted molar refractivity (Wildman–Crippen MR) is 70.4 cm³/mol. The van der Waals surface area contributed by atoms with Crippen LogP contribution in [0.5, 0.6) is 5.75 Å². The van der Waals surface area contributed by atoms with Gasteiger partial charge in [-0.2, -0.15) is 0 Å². The molecule has 0 aliphatic rings. The Hall–Kier alpha value is -1.75. The molecular formula is C13H20N2O3. The number of benzene rings is 1. The quantitative estimate of drug-likeness (QED) is 0.362. The largest absolute Gasteiger partial charge is 0.488 e. The van der Waals surface area contributed by atoms with Crippen LogP contribution in [0.1, 0.15) is 23.6 Å². The molecule has 1 rings (SSSR count). The number of hydrogen-bond donors (Lipinski definition) is 2. The van der Waals surface area contributed by atoms with Crippen molar-refractivity contribution in [3.8, 4) is 5.75 Å². The van der Waals surface area contributed by atoms with Crippen LogP contribution in [0.15, 0.2) is 17.3 Å². The highest BCUT2D eigenvalue weighted by Gasteiger charge is 2.12. The molecule has 0 saturated heterocycles. The van der Waals surface area contributed by atoms with Gasteiger partial charge in [0.05, 0.1) is 6.61 Å². The van der Waals surface area contributed by atoms with Crippen LogP contribution in [-0.2, 0) is 4.74 Å². The average molecular weight is 252 g/mol. The van der Waals surface area contributed by atoms with Crippen molar-refractivity contribution in [2.45, 2.75) is 26.9 Å². The molecule has 0 radical (unpaired) electrons. The van der Waals surface area contributed by atoms with E-state index in [1.54, 1.807) is 7.11 Å². The van der Waals surface area contributed by atoms with E-state index in [-0.39, 0.29) is 11.9 Å². The zero-order valence-electron chi connectivity index (χ0n) is 11.2. The minimum Gasteiger partial charge on any atom is -0.488 e. The molecule has 3 N–H and O–H groups in total. The van der Waals surface area contributed by atoms with Crippen LogP contribution in [0.4, 0.5) is 0 Å².